The fourth-order valence-corrected chi connectivity index (χ4v) is 9.27. The van der Waals surface area contributed by atoms with Crippen molar-refractivity contribution in [3.8, 4) is 22.8 Å². The van der Waals surface area contributed by atoms with Crippen molar-refractivity contribution in [2.45, 2.75) is 90.2 Å². The monoisotopic (exact) mass is 929 g/mol. The van der Waals surface area contributed by atoms with E-state index in [4.69, 9.17) is 19.3 Å². The normalized spacial score (nSPS) is 12.2. The Morgan fingerprint density at radius 2 is 1.58 bits per heavy atom. The third-order valence-electron chi connectivity index (χ3n) is 11.6. The first-order valence-electron chi connectivity index (χ1n) is 22.2. The molecule has 0 bridgehead atoms. The number of benzene rings is 5. The Balaban J connectivity index is 1.21. The van der Waals surface area contributed by atoms with Crippen molar-refractivity contribution < 1.29 is 45.8 Å². The maximum atomic E-state index is 16.6. The largest absolute Gasteiger partial charge is 0.466 e. The smallest absolute Gasteiger partial charge is 0.310 e. The van der Waals surface area contributed by atoms with Gasteiger partial charge < -0.3 is 19.0 Å². The Morgan fingerprint density at radius 3 is 2.33 bits per heavy atom. The molecule has 5 aromatic carbocycles. The summed E-state index contributed by atoms with van der Waals surface area (Å²) in [5.74, 6) is -2.92. The van der Waals surface area contributed by atoms with Gasteiger partial charge >= 0.3 is 11.9 Å². The minimum absolute atomic E-state index is 0.00838. The number of unbranched alkanes of at least 4 members (excludes halogenated alkanes) is 1. The standard InChI is InChI=1S/C53H53F2N3O8S/c1-5-64-50(60)24-19-37-14-11-15-39(30-37)48(16-9-10-27-53(3,4)35-59)57-28-26-47(56-57)44-31-40(20-23-45(44)54)66-52-43(32-51(61)65-34-38-12-7-6-8-13-38)42-25-29-58(49(42)33-46(52)55)67(62,63)41-21-17-36(2)18-22-41/h6-8,11-15,17-18,20-23,25-26,28-31,33,35,48H,5,9-10,16,19,24,27,32,34H2,1-4H3. The summed E-state index contributed by atoms with van der Waals surface area (Å²) in [6.07, 6.45) is 7.16. The molecule has 0 aliphatic rings. The zero-order valence-electron chi connectivity index (χ0n) is 37.9. The maximum Gasteiger partial charge on any atom is 0.310 e. The molecule has 11 nitrogen and oxygen atoms in total. The zero-order valence-corrected chi connectivity index (χ0v) is 38.7. The van der Waals surface area contributed by atoms with E-state index >= 15 is 8.78 Å². The minimum Gasteiger partial charge on any atom is -0.466 e. The van der Waals surface area contributed by atoms with Crippen molar-refractivity contribution in [2.75, 3.05) is 6.61 Å². The molecule has 0 N–H and O–H groups in total. The van der Waals surface area contributed by atoms with Crippen molar-refractivity contribution >= 4 is 39.2 Å². The summed E-state index contributed by atoms with van der Waals surface area (Å²) < 4.78 is 79.8. The number of aryl methyl sites for hydroxylation is 2. The van der Waals surface area contributed by atoms with Gasteiger partial charge in [-0.3, -0.25) is 14.3 Å². The number of nitrogens with zero attached hydrogens (tertiary/aromatic N) is 3. The molecule has 14 heteroatoms. The topological polar surface area (TPSA) is 136 Å². The lowest BCUT2D eigenvalue weighted by Gasteiger charge is -2.21. The van der Waals surface area contributed by atoms with Gasteiger partial charge in [-0.25, -0.2) is 21.2 Å². The second-order valence-electron chi connectivity index (χ2n) is 17.2. The highest BCUT2D eigenvalue weighted by Gasteiger charge is 2.27. The molecule has 0 spiro atoms. The van der Waals surface area contributed by atoms with E-state index < -0.39 is 39.5 Å². The molecular weight excluding hydrogens is 877 g/mol. The van der Waals surface area contributed by atoms with Crippen LogP contribution in [0.4, 0.5) is 8.78 Å². The molecule has 348 valence electrons. The van der Waals surface area contributed by atoms with Gasteiger partial charge in [0.2, 0.25) is 0 Å². The van der Waals surface area contributed by atoms with Gasteiger partial charge in [-0.1, -0.05) is 99.0 Å². The van der Waals surface area contributed by atoms with E-state index in [1.54, 1.807) is 60.3 Å². The Hall–Kier alpha value is -6.93. The molecule has 0 saturated carbocycles. The zero-order chi connectivity index (χ0) is 47.7. The third-order valence-corrected chi connectivity index (χ3v) is 13.3. The lowest BCUT2D eigenvalue weighted by molar-refractivity contribution is -0.144. The van der Waals surface area contributed by atoms with Crippen LogP contribution >= 0.6 is 0 Å². The van der Waals surface area contributed by atoms with Crippen molar-refractivity contribution in [1.29, 1.82) is 0 Å². The first-order valence-corrected chi connectivity index (χ1v) is 23.7. The maximum absolute atomic E-state index is 16.6. The number of aldehydes is 1. The summed E-state index contributed by atoms with van der Waals surface area (Å²) >= 11 is 0. The van der Waals surface area contributed by atoms with E-state index in [2.05, 4.69) is 0 Å². The first kappa shape index (κ1) is 48.0. The van der Waals surface area contributed by atoms with Crippen LogP contribution in [0.5, 0.6) is 11.5 Å². The van der Waals surface area contributed by atoms with Gasteiger partial charge in [-0.05, 0) is 92.3 Å². The number of esters is 2. The predicted molar refractivity (Wildman–Crippen MR) is 251 cm³/mol. The highest BCUT2D eigenvalue weighted by atomic mass is 32.2. The van der Waals surface area contributed by atoms with E-state index in [9.17, 15) is 22.8 Å². The molecule has 1 atom stereocenters. The molecule has 0 radical (unpaired) electrons. The first-order chi connectivity index (χ1) is 32.1. The molecule has 0 amide bonds. The summed E-state index contributed by atoms with van der Waals surface area (Å²) in [6, 6.07) is 31.0. The van der Waals surface area contributed by atoms with Crippen LogP contribution < -0.4 is 4.74 Å². The Labute approximate surface area is 389 Å². The number of carbonyl (C=O) groups is 3. The van der Waals surface area contributed by atoms with Gasteiger partial charge in [0.1, 0.15) is 24.5 Å². The number of aromatic nitrogens is 3. The summed E-state index contributed by atoms with van der Waals surface area (Å²) in [6.45, 7) is 7.66. The molecule has 0 aliphatic heterocycles. The molecule has 2 aromatic heterocycles. The number of carbonyl (C=O) groups excluding carboxylic acids is 3. The summed E-state index contributed by atoms with van der Waals surface area (Å²) in [4.78, 5) is 37.2. The van der Waals surface area contributed by atoms with Gasteiger partial charge in [0.15, 0.2) is 11.6 Å². The fraction of sp³-hybridized carbons (Fsp3) is 0.283. The van der Waals surface area contributed by atoms with Gasteiger partial charge in [0.25, 0.3) is 10.0 Å². The van der Waals surface area contributed by atoms with Crippen LogP contribution in [0.1, 0.15) is 86.7 Å². The predicted octanol–water partition coefficient (Wildman–Crippen LogP) is 11.3. The molecule has 7 aromatic rings. The van der Waals surface area contributed by atoms with Crippen LogP contribution in [0, 0.1) is 24.0 Å². The van der Waals surface area contributed by atoms with E-state index in [-0.39, 0.29) is 69.2 Å². The highest BCUT2D eigenvalue weighted by molar-refractivity contribution is 7.90. The number of fused-ring (bicyclic) bond motifs is 1. The Bertz CT molecular complexity index is 2980. The van der Waals surface area contributed by atoms with Crippen LogP contribution in [0.15, 0.2) is 133 Å². The average Bonchev–Trinajstić information content (AvgIpc) is 3.98. The summed E-state index contributed by atoms with van der Waals surface area (Å²) in [5, 5.41) is 5.08. The lowest BCUT2D eigenvalue weighted by atomic mass is 9.88. The molecule has 0 fully saturated rings. The van der Waals surface area contributed by atoms with Crippen molar-refractivity contribution in [3.63, 3.8) is 0 Å². The number of hydrogen-bond acceptors (Lipinski definition) is 9. The van der Waals surface area contributed by atoms with Crippen LogP contribution in [-0.4, -0.2) is 47.0 Å². The molecule has 67 heavy (non-hydrogen) atoms. The number of hydrogen-bond donors (Lipinski definition) is 0. The molecule has 2 heterocycles. The van der Waals surface area contributed by atoms with Gasteiger partial charge in [0.05, 0.1) is 35.2 Å². The highest BCUT2D eigenvalue weighted by Crippen LogP contribution is 2.39. The molecule has 7 rings (SSSR count). The van der Waals surface area contributed by atoms with Crippen LogP contribution in [-0.2, 0) is 53.3 Å². The average molecular weight is 930 g/mol. The van der Waals surface area contributed by atoms with Crippen molar-refractivity contribution in [2.24, 2.45) is 5.41 Å². The number of halogens is 2. The minimum atomic E-state index is -4.19. The summed E-state index contributed by atoms with van der Waals surface area (Å²) in [5.41, 5.74) is 3.36. The van der Waals surface area contributed by atoms with Crippen LogP contribution in [0.2, 0.25) is 0 Å². The molecular formula is C53H53F2N3O8S. The number of rotatable bonds is 21. The molecule has 0 aliphatic carbocycles. The van der Waals surface area contributed by atoms with Crippen molar-refractivity contribution in [1.82, 2.24) is 13.8 Å². The molecule has 1 unspecified atom stereocenters. The van der Waals surface area contributed by atoms with Gasteiger partial charge in [0, 0.05) is 46.8 Å². The fourth-order valence-electron chi connectivity index (χ4n) is 7.93. The van der Waals surface area contributed by atoms with Crippen LogP contribution in [0.3, 0.4) is 0 Å². The SMILES string of the molecule is CCOC(=O)CCc1cccc(C(CCCCC(C)(C)C=O)n2ccc(-c3cc(Oc4c(F)cc5c(ccn5S(=O)(=O)c5ccc(C)cc5)c4CC(=O)OCc4ccccc4)ccc3F)n2)c1. The Kier molecular flexibility index (Phi) is 15.1. The molecule has 0 saturated heterocycles. The third kappa shape index (κ3) is 11.7. The second kappa shape index (κ2) is 21.1. The quantitative estimate of drug-likeness (QED) is 0.0392. The van der Waals surface area contributed by atoms with E-state index in [1.165, 1.54) is 42.6 Å². The summed E-state index contributed by atoms with van der Waals surface area (Å²) in [7, 11) is -4.19. The van der Waals surface area contributed by atoms with Gasteiger partial charge in [-0.2, -0.15) is 5.10 Å². The van der Waals surface area contributed by atoms with Crippen molar-refractivity contribution in [3.05, 3.63) is 167 Å². The van der Waals surface area contributed by atoms with E-state index in [1.807, 2.05) is 51.1 Å². The lowest BCUT2D eigenvalue weighted by Crippen LogP contribution is -2.14. The number of ether oxygens (including phenoxy) is 3. The van der Waals surface area contributed by atoms with Crippen LogP contribution in [0.25, 0.3) is 22.2 Å². The second-order valence-corrected chi connectivity index (χ2v) is 19.0. The Morgan fingerprint density at radius 1 is 0.821 bits per heavy atom. The van der Waals surface area contributed by atoms with E-state index in [0.717, 1.165) is 51.4 Å². The van der Waals surface area contributed by atoms with Gasteiger partial charge in [-0.15, -0.1) is 0 Å². The van der Waals surface area contributed by atoms with E-state index in [0.29, 0.717) is 25.9 Å².